The molecule has 3 nitrogen and oxygen atoms in total. The first kappa shape index (κ1) is 30.3. The van der Waals surface area contributed by atoms with Crippen molar-refractivity contribution in [2.24, 2.45) is 0 Å². The summed E-state index contributed by atoms with van der Waals surface area (Å²) in [6.07, 6.45) is -0.0801. The number of phenolic OH excluding ortho intramolecular Hbond substituents is 1. The fourth-order valence-electron chi connectivity index (χ4n) is 4.85. The molecule has 0 aliphatic rings. The molecule has 1 N–H and O–H groups in total. The van der Waals surface area contributed by atoms with Crippen molar-refractivity contribution in [2.45, 2.75) is 26.1 Å². The molecule has 0 fully saturated rings. The summed E-state index contributed by atoms with van der Waals surface area (Å²) in [5.74, 6) is -2.82. The topological polar surface area (TPSA) is 32.7 Å². The Morgan fingerprint density at radius 2 is 1.33 bits per heavy atom. The maximum atomic E-state index is 15.8. The van der Waals surface area contributed by atoms with E-state index in [1.807, 2.05) is 60.7 Å². The smallest absolute Gasteiger partial charge is 0.387 e. The SMILES string of the molecule is Oc1ccc(Cc2c(Cl)cc(N(Cc3ccccc3)Cc3ccccc3)cc2Cl)c(F)c1-c1cc(OC(F)F)ccc1F. The second-order valence-corrected chi connectivity index (χ2v) is 10.7. The third-order valence-electron chi connectivity index (χ3n) is 6.92. The van der Waals surface area contributed by atoms with Gasteiger partial charge in [0.15, 0.2) is 0 Å². The van der Waals surface area contributed by atoms with Gasteiger partial charge in [0.25, 0.3) is 0 Å². The maximum absolute atomic E-state index is 15.8. The van der Waals surface area contributed by atoms with E-state index in [9.17, 15) is 18.3 Å². The second kappa shape index (κ2) is 13.4. The molecule has 0 heterocycles. The van der Waals surface area contributed by atoms with Crippen molar-refractivity contribution in [3.63, 3.8) is 0 Å². The lowest BCUT2D eigenvalue weighted by molar-refractivity contribution is -0.0498. The maximum Gasteiger partial charge on any atom is 0.387 e. The van der Waals surface area contributed by atoms with Crippen LogP contribution in [0.2, 0.25) is 10.0 Å². The summed E-state index contributed by atoms with van der Waals surface area (Å²) < 4.78 is 60.3. The van der Waals surface area contributed by atoms with Crippen molar-refractivity contribution >= 4 is 28.9 Å². The van der Waals surface area contributed by atoms with E-state index in [0.29, 0.717) is 28.7 Å². The van der Waals surface area contributed by atoms with E-state index in [0.717, 1.165) is 35.0 Å². The molecule has 0 radical (unpaired) electrons. The van der Waals surface area contributed by atoms with Gasteiger partial charge >= 0.3 is 6.61 Å². The van der Waals surface area contributed by atoms with Gasteiger partial charge in [0.2, 0.25) is 0 Å². The molecule has 5 rings (SSSR count). The minimum atomic E-state index is -3.16. The summed E-state index contributed by atoms with van der Waals surface area (Å²) in [5, 5.41) is 11.0. The minimum absolute atomic E-state index is 0.0642. The van der Waals surface area contributed by atoms with Crippen LogP contribution < -0.4 is 9.64 Å². The van der Waals surface area contributed by atoms with Gasteiger partial charge in [-0.05, 0) is 58.7 Å². The van der Waals surface area contributed by atoms with Gasteiger partial charge in [0.05, 0.1) is 5.56 Å². The highest BCUT2D eigenvalue weighted by Gasteiger charge is 2.22. The highest BCUT2D eigenvalue weighted by Crippen LogP contribution is 2.40. The molecule has 0 amide bonds. The highest BCUT2D eigenvalue weighted by molar-refractivity contribution is 6.36. The number of rotatable bonds is 10. The van der Waals surface area contributed by atoms with Crippen molar-refractivity contribution in [3.05, 3.63) is 147 Å². The van der Waals surface area contributed by atoms with Crippen molar-refractivity contribution in [1.82, 2.24) is 0 Å². The van der Waals surface area contributed by atoms with Crippen molar-refractivity contribution in [3.8, 4) is 22.6 Å². The number of alkyl halides is 2. The molecule has 0 atom stereocenters. The summed E-state index contributed by atoms with van der Waals surface area (Å²) in [6, 6.07) is 28.7. The zero-order chi connectivity index (χ0) is 30.5. The quantitative estimate of drug-likeness (QED) is 0.157. The van der Waals surface area contributed by atoms with Gasteiger partial charge in [-0.15, -0.1) is 0 Å². The van der Waals surface area contributed by atoms with E-state index in [4.69, 9.17) is 23.2 Å². The first-order chi connectivity index (χ1) is 20.7. The Morgan fingerprint density at radius 3 is 1.88 bits per heavy atom. The number of hydrogen-bond acceptors (Lipinski definition) is 3. The molecule has 0 unspecified atom stereocenters. The van der Waals surface area contributed by atoms with Crippen LogP contribution in [0, 0.1) is 11.6 Å². The molecule has 0 saturated carbocycles. The lowest BCUT2D eigenvalue weighted by Crippen LogP contribution is -2.22. The van der Waals surface area contributed by atoms with Gasteiger partial charge in [-0.25, -0.2) is 8.78 Å². The molecular formula is C34H25Cl2F4NO2. The molecule has 0 aliphatic heterocycles. The Hall–Kier alpha value is -4.20. The summed E-state index contributed by atoms with van der Waals surface area (Å²) >= 11 is 13.5. The van der Waals surface area contributed by atoms with Gasteiger partial charge < -0.3 is 14.7 Å². The predicted octanol–water partition coefficient (Wildman–Crippen LogP) is 10.0. The van der Waals surface area contributed by atoms with Crippen molar-refractivity contribution in [1.29, 1.82) is 0 Å². The van der Waals surface area contributed by atoms with E-state index in [1.165, 1.54) is 12.1 Å². The number of benzene rings is 5. The van der Waals surface area contributed by atoms with Crippen LogP contribution in [0.25, 0.3) is 11.1 Å². The fourth-order valence-corrected chi connectivity index (χ4v) is 5.46. The van der Waals surface area contributed by atoms with Crippen LogP contribution in [-0.2, 0) is 19.5 Å². The number of nitrogens with zero attached hydrogens (tertiary/aromatic N) is 1. The van der Waals surface area contributed by atoms with Crippen molar-refractivity contribution in [2.75, 3.05) is 4.90 Å². The van der Waals surface area contributed by atoms with E-state index >= 15 is 4.39 Å². The molecule has 43 heavy (non-hydrogen) atoms. The Bertz CT molecular complexity index is 1660. The van der Waals surface area contributed by atoms with Crippen LogP contribution in [0.5, 0.6) is 11.5 Å². The van der Waals surface area contributed by atoms with Gasteiger partial charge in [0, 0.05) is 40.8 Å². The largest absolute Gasteiger partial charge is 0.507 e. The predicted molar refractivity (Wildman–Crippen MR) is 162 cm³/mol. The third kappa shape index (κ3) is 7.24. The summed E-state index contributed by atoms with van der Waals surface area (Å²) in [5.41, 5.74) is 2.51. The summed E-state index contributed by atoms with van der Waals surface area (Å²) in [7, 11) is 0. The van der Waals surface area contributed by atoms with Crippen LogP contribution in [-0.4, -0.2) is 11.7 Å². The number of hydrogen-bond donors (Lipinski definition) is 1. The number of halogens is 6. The lowest BCUT2D eigenvalue weighted by Gasteiger charge is -2.26. The lowest BCUT2D eigenvalue weighted by atomic mass is 9.96. The molecule has 9 heteroatoms. The Balaban J connectivity index is 1.48. The standard InChI is InChI=1S/C34H25Cl2F4NO2/c35-28-16-24(41(19-21-7-3-1-4-8-21)20-22-9-5-2-6-10-22)17-29(36)26(28)15-23-11-14-31(42)32(33(23)38)27-18-25(43-34(39)40)12-13-30(27)37/h1-14,16-18,34,42H,15,19-20H2. The monoisotopic (exact) mass is 625 g/mol. The van der Waals surface area contributed by atoms with Gasteiger partial charge in [-0.3, -0.25) is 0 Å². The van der Waals surface area contributed by atoms with Gasteiger partial charge in [-0.2, -0.15) is 8.78 Å². The molecule has 0 aromatic heterocycles. The van der Waals surface area contributed by atoms with Gasteiger partial charge in [-0.1, -0.05) is 89.9 Å². The van der Waals surface area contributed by atoms with E-state index < -0.39 is 35.1 Å². The van der Waals surface area contributed by atoms with E-state index in [1.54, 1.807) is 12.1 Å². The summed E-state index contributed by atoms with van der Waals surface area (Å²) in [4.78, 5) is 2.13. The molecule has 0 saturated heterocycles. The zero-order valence-corrected chi connectivity index (χ0v) is 24.1. The molecule has 5 aromatic rings. The van der Waals surface area contributed by atoms with Crippen LogP contribution in [0.1, 0.15) is 22.3 Å². The van der Waals surface area contributed by atoms with Crippen LogP contribution >= 0.6 is 23.2 Å². The molecular weight excluding hydrogens is 601 g/mol. The average Bonchev–Trinajstić information content (AvgIpc) is 2.98. The fraction of sp³-hybridized carbons (Fsp3) is 0.118. The Kier molecular flexibility index (Phi) is 9.43. The first-order valence-electron chi connectivity index (χ1n) is 13.3. The Labute approximate surface area is 256 Å². The first-order valence-corrected chi connectivity index (χ1v) is 14.0. The van der Waals surface area contributed by atoms with Gasteiger partial charge in [0.1, 0.15) is 23.1 Å². The number of phenols is 1. The van der Waals surface area contributed by atoms with Crippen LogP contribution in [0.3, 0.4) is 0 Å². The molecule has 220 valence electrons. The van der Waals surface area contributed by atoms with E-state index in [2.05, 4.69) is 9.64 Å². The Morgan fingerprint density at radius 1 is 0.744 bits per heavy atom. The highest BCUT2D eigenvalue weighted by atomic mass is 35.5. The molecule has 0 spiro atoms. The average molecular weight is 626 g/mol. The number of anilines is 1. The van der Waals surface area contributed by atoms with Crippen LogP contribution in [0.15, 0.2) is 103 Å². The second-order valence-electron chi connectivity index (χ2n) is 9.84. The molecule has 0 aliphatic carbocycles. The normalized spacial score (nSPS) is 11.1. The molecule has 5 aromatic carbocycles. The molecule has 0 bridgehead atoms. The minimum Gasteiger partial charge on any atom is -0.507 e. The van der Waals surface area contributed by atoms with E-state index in [-0.39, 0.29) is 17.7 Å². The number of ether oxygens (including phenoxy) is 1. The summed E-state index contributed by atoms with van der Waals surface area (Å²) in [6.45, 7) is -2.00. The van der Waals surface area contributed by atoms with Crippen molar-refractivity contribution < 1.29 is 27.4 Å². The number of aromatic hydroxyl groups is 1. The zero-order valence-electron chi connectivity index (χ0n) is 22.6. The third-order valence-corrected chi connectivity index (χ3v) is 7.60. The van der Waals surface area contributed by atoms with Crippen LogP contribution in [0.4, 0.5) is 23.2 Å².